The minimum Gasteiger partial charge on any atom is -0.393 e. The molecule has 4 rings (SSSR count). The van der Waals surface area contributed by atoms with E-state index in [-0.39, 0.29) is 12.1 Å². The monoisotopic (exact) mass is 366 g/mol. The van der Waals surface area contributed by atoms with Crippen LogP contribution in [0.4, 0.5) is 0 Å². The van der Waals surface area contributed by atoms with Gasteiger partial charge < -0.3 is 5.11 Å². The number of aliphatic hydroxyl groups excluding tert-OH is 1. The first-order valence-electron chi connectivity index (χ1n) is 9.96. The van der Waals surface area contributed by atoms with Gasteiger partial charge in [-0.3, -0.25) is 4.90 Å². The van der Waals surface area contributed by atoms with Gasteiger partial charge >= 0.3 is 0 Å². The van der Waals surface area contributed by atoms with Crippen LogP contribution < -0.4 is 0 Å². The third-order valence-electron chi connectivity index (χ3n) is 5.90. The minimum atomic E-state index is -0.225. The van der Waals surface area contributed by atoms with Gasteiger partial charge in [0.05, 0.1) is 29.8 Å². The average molecular weight is 366 g/mol. The van der Waals surface area contributed by atoms with E-state index in [4.69, 9.17) is 5.26 Å². The van der Waals surface area contributed by atoms with Gasteiger partial charge in [-0.2, -0.15) is 5.26 Å². The lowest BCUT2D eigenvalue weighted by molar-refractivity contribution is 0.0654. The number of hydrogen-bond donors (Lipinski definition) is 1. The fraction of sp³-hybridized carbons (Fsp3) is 0.600. The first-order chi connectivity index (χ1) is 13.3. The Morgan fingerprint density at radius 2 is 1.74 bits per heavy atom. The van der Waals surface area contributed by atoms with Crippen LogP contribution in [0.15, 0.2) is 24.3 Å². The molecular formula is C20H26N6O. The summed E-state index contributed by atoms with van der Waals surface area (Å²) in [6.07, 6.45) is 7.28. The molecule has 0 spiro atoms. The molecule has 1 aliphatic carbocycles. The third kappa shape index (κ3) is 3.87. The average Bonchev–Trinajstić information content (AvgIpc) is 3.20. The van der Waals surface area contributed by atoms with Crippen LogP contribution in [0, 0.1) is 11.3 Å². The van der Waals surface area contributed by atoms with Gasteiger partial charge in [0.15, 0.2) is 5.82 Å². The smallest absolute Gasteiger partial charge is 0.173 e. The van der Waals surface area contributed by atoms with E-state index in [1.54, 1.807) is 0 Å². The molecule has 27 heavy (non-hydrogen) atoms. The minimum absolute atomic E-state index is 0.0535. The molecule has 0 radical (unpaired) electrons. The van der Waals surface area contributed by atoms with Crippen molar-refractivity contribution in [3.63, 3.8) is 0 Å². The van der Waals surface area contributed by atoms with Crippen molar-refractivity contribution < 1.29 is 5.11 Å². The molecule has 1 aromatic carbocycles. The van der Waals surface area contributed by atoms with Crippen LogP contribution >= 0.6 is 0 Å². The summed E-state index contributed by atoms with van der Waals surface area (Å²) in [7, 11) is 0. The number of aliphatic hydroxyl groups is 1. The molecule has 2 heterocycles. The predicted octanol–water partition coefficient (Wildman–Crippen LogP) is 2.60. The van der Waals surface area contributed by atoms with Crippen molar-refractivity contribution in [2.24, 2.45) is 0 Å². The number of nitriles is 1. The zero-order valence-electron chi connectivity index (χ0n) is 15.5. The summed E-state index contributed by atoms with van der Waals surface area (Å²) >= 11 is 0. The van der Waals surface area contributed by atoms with E-state index < -0.39 is 0 Å². The molecule has 2 fully saturated rings. The fourth-order valence-electron chi connectivity index (χ4n) is 4.37. The van der Waals surface area contributed by atoms with Crippen LogP contribution in [0.2, 0.25) is 0 Å². The largest absolute Gasteiger partial charge is 0.393 e. The highest BCUT2D eigenvalue weighted by molar-refractivity contribution is 5.34. The molecule has 1 aliphatic heterocycles. The molecular weight excluding hydrogens is 340 g/mol. The lowest BCUT2D eigenvalue weighted by Gasteiger charge is -2.36. The summed E-state index contributed by atoms with van der Waals surface area (Å²) in [4.78, 5) is 2.36. The maximum atomic E-state index is 9.93. The molecule has 0 unspecified atom stereocenters. The Hall–Kier alpha value is -2.30. The molecule has 1 aromatic heterocycles. The Balaban J connectivity index is 1.69. The van der Waals surface area contributed by atoms with Gasteiger partial charge in [-0.25, -0.2) is 4.68 Å². The second-order valence-corrected chi connectivity index (χ2v) is 7.68. The Bertz CT molecular complexity index is 782. The highest BCUT2D eigenvalue weighted by atomic mass is 16.3. The number of likely N-dealkylation sites (tertiary alicyclic amines) is 1. The van der Waals surface area contributed by atoms with Crippen molar-refractivity contribution in [2.45, 2.75) is 63.1 Å². The van der Waals surface area contributed by atoms with E-state index in [0.29, 0.717) is 11.6 Å². The summed E-state index contributed by atoms with van der Waals surface area (Å²) in [5, 5.41) is 31.9. The van der Waals surface area contributed by atoms with Gasteiger partial charge in [-0.1, -0.05) is 31.4 Å². The first kappa shape index (κ1) is 18.1. The molecule has 1 N–H and O–H groups in total. The number of tetrazole rings is 1. The van der Waals surface area contributed by atoms with E-state index in [1.165, 1.54) is 19.3 Å². The van der Waals surface area contributed by atoms with Crippen molar-refractivity contribution in [1.82, 2.24) is 25.1 Å². The summed E-state index contributed by atoms with van der Waals surface area (Å²) in [5.74, 6) is 0.878. The van der Waals surface area contributed by atoms with E-state index in [9.17, 15) is 5.11 Å². The third-order valence-corrected chi connectivity index (χ3v) is 5.90. The number of hydrogen-bond acceptors (Lipinski definition) is 6. The maximum absolute atomic E-state index is 9.93. The van der Waals surface area contributed by atoms with Gasteiger partial charge in [-0.15, -0.1) is 5.10 Å². The number of piperidine rings is 1. The first-order valence-corrected chi connectivity index (χ1v) is 9.96. The second-order valence-electron chi connectivity index (χ2n) is 7.68. The zero-order valence-corrected chi connectivity index (χ0v) is 15.5. The summed E-state index contributed by atoms with van der Waals surface area (Å²) < 4.78 is 2.03. The van der Waals surface area contributed by atoms with Crippen LogP contribution in [0.1, 0.15) is 74.0 Å². The number of benzene rings is 1. The van der Waals surface area contributed by atoms with E-state index >= 15 is 0 Å². The van der Waals surface area contributed by atoms with Crippen molar-refractivity contribution in [3.8, 4) is 6.07 Å². The molecule has 0 amide bonds. The maximum Gasteiger partial charge on any atom is 0.173 e. The Labute approximate surface area is 159 Å². The van der Waals surface area contributed by atoms with Crippen LogP contribution in [-0.2, 0) is 0 Å². The summed E-state index contributed by atoms with van der Waals surface area (Å²) in [6.45, 7) is 1.62. The molecule has 2 aliphatic rings. The van der Waals surface area contributed by atoms with Crippen molar-refractivity contribution >= 4 is 0 Å². The molecule has 0 bridgehead atoms. The molecule has 7 heteroatoms. The van der Waals surface area contributed by atoms with Gasteiger partial charge in [0.25, 0.3) is 0 Å². The van der Waals surface area contributed by atoms with Gasteiger partial charge in [0.1, 0.15) is 0 Å². The van der Waals surface area contributed by atoms with Crippen molar-refractivity contribution in [2.75, 3.05) is 13.1 Å². The normalized spacial score (nSPS) is 21.0. The topological polar surface area (TPSA) is 90.9 Å². The number of aromatic nitrogens is 4. The second kappa shape index (κ2) is 8.15. The number of nitrogens with zero attached hydrogens (tertiary/aromatic N) is 6. The van der Waals surface area contributed by atoms with Crippen LogP contribution in [0.25, 0.3) is 0 Å². The fourth-order valence-corrected chi connectivity index (χ4v) is 4.37. The molecule has 7 nitrogen and oxygen atoms in total. The highest BCUT2D eigenvalue weighted by Crippen LogP contribution is 2.34. The van der Waals surface area contributed by atoms with E-state index in [1.807, 2.05) is 28.9 Å². The molecule has 142 valence electrons. The number of rotatable bonds is 4. The lowest BCUT2D eigenvalue weighted by Crippen LogP contribution is -2.40. The van der Waals surface area contributed by atoms with Gasteiger partial charge in [0.2, 0.25) is 0 Å². The van der Waals surface area contributed by atoms with Gasteiger partial charge in [-0.05, 0) is 53.8 Å². The standard InChI is InChI=1S/C20H26N6O/c21-14-15-6-8-16(9-7-15)19(25-12-10-18(27)11-13-25)20-22-23-24-26(20)17-4-2-1-3-5-17/h6-9,17-19,27H,1-5,10-13H2/t19-/m0/s1. The summed E-state index contributed by atoms with van der Waals surface area (Å²) in [6, 6.07) is 10.2. The molecule has 1 atom stereocenters. The summed E-state index contributed by atoms with van der Waals surface area (Å²) in [5.41, 5.74) is 1.75. The van der Waals surface area contributed by atoms with Crippen LogP contribution in [0.3, 0.4) is 0 Å². The van der Waals surface area contributed by atoms with Crippen LogP contribution in [0.5, 0.6) is 0 Å². The molecule has 1 saturated carbocycles. The van der Waals surface area contributed by atoms with Crippen LogP contribution in [-0.4, -0.2) is 49.4 Å². The van der Waals surface area contributed by atoms with E-state index in [0.717, 1.165) is 50.2 Å². The quantitative estimate of drug-likeness (QED) is 0.894. The van der Waals surface area contributed by atoms with Gasteiger partial charge in [0, 0.05) is 13.1 Å². The van der Waals surface area contributed by atoms with Crippen molar-refractivity contribution in [3.05, 3.63) is 41.2 Å². The Morgan fingerprint density at radius 1 is 1.04 bits per heavy atom. The Morgan fingerprint density at radius 3 is 2.41 bits per heavy atom. The molecule has 1 saturated heterocycles. The van der Waals surface area contributed by atoms with E-state index in [2.05, 4.69) is 26.5 Å². The Kier molecular flexibility index (Phi) is 5.46. The highest BCUT2D eigenvalue weighted by Gasteiger charge is 2.32. The zero-order chi connectivity index (χ0) is 18.6. The predicted molar refractivity (Wildman–Crippen MR) is 99.8 cm³/mol. The lowest BCUT2D eigenvalue weighted by atomic mass is 9.94. The SMILES string of the molecule is N#Cc1ccc([C@@H](c2nnnn2C2CCCCC2)N2CCC(O)CC2)cc1. The molecule has 2 aromatic rings. The van der Waals surface area contributed by atoms with Crippen molar-refractivity contribution in [1.29, 1.82) is 5.26 Å².